The van der Waals surface area contributed by atoms with Crippen LogP contribution in [0.15, 0.2) is 18.2 Å². The zero-order chi connectivity index (χ0) is 22.7. The Kier molecular flexibility index (Phi) is 11.9. The Morgan fingerprint density at radius 1 is 0.724 bits per heavy atom. The van der Waals surface area contributed by atoms with Crippen LogP contribution in [-0.2, 0) is 28.5 Å². The van der Waals surface area contributed by atoms with Gasteiger partial charge in [-0.3, -0.25) is 0 Å². The number of aryl methyl sites for hydroxylation is 6. The molecule has 8 nitrogen and oxygen atoms in total. The average Bonchev–Trinajstić information content (AvgIpc) is 3.30. The Bertz CT molecular complexity index is 893. The molecular formula is C19H25BN6O2W. The summed E-state index contributed by atoms with van der Waals surface area (Å²) in [7, 11) is -1.26. The van der Waals surface area contributed by atoms with E-state index in [0.717, 1.165) is 34.2 Å². The fourth-order valence-electron chi connectivity index (χ4n) is 3.26. The first-order valence-electron chi connectivity index (χ1n) is 8.73. The van der Waals surface area contributed by atoms with Gasteiger partial charge in [0.15, 0.2) is 0 Å². The van der Waals surface area contributed by atoms with E-state index in [9.17, 15) is 0 Å². The first kappa shape index (κ1) is 26.6. The van der Waals surface area contributed by atoms with Crippen LogP contribution in [0.3, 0.4) is 0 Å². The van der Waals surface area contributed by atoms with Crippen LogP contribution in [0.5, 0.6) is 0 Å². The third-order valence-electron chi connectivity index (χ3n) is 4.11. The zero-order valence-corrected chi connectivity index (χ0v) is 20.8. The zero-order valence-electron chi connectivity index (χ0n) is 17.8. The van der Waals surface area contributed by atoms with Gasteiger partial charge in [-0.2, -0.15) is 0 Å². The van der Waals surface area contributed by atoms with Crippen LogP contribution in [-0.4, -0.2) is 36.2 Å². The standard InChI is InChI=1S/C15H22BN6.C2H3.2CO.W/c1-10-7-13(4)20(17-10)16(21-14(5)8-11(2)18-21)22-15(6)9-12(3)19-22;3*1-2;/h7-9,16H,1-6H3;1H3;;;/q-1;;;;+1. The molecule has 0 aliphatic rings. The predicted molar refractivity (Wildman–Crippen MR) is 106 cm³/mol. The Morgan fingerprint density at radius 2 is 0.931 bits per heavy atom. The van der Waals surface area contributed by atoms with Crippen molar-refractivity contribution in [3.63, 3.8) is 0 Å². The van der Waals surface area contributed by atoms with Crippen LogP contribution < -0.4 is 0 Å². The van der Waals surface area contributed by atoms with Gasteiger partial charge in [0.1, 0.15) is 0 Å². The normalized spacial score (nSPS) is 9.21. The maximum atomic E-state index is 7.50. The Hall–Kier alpha value is -2.36. The van der Waals surface area contributed by atoms with E-state index in [2.05, 4.69) is 70.3 Å². The van der Waals surface area contributed by atoms with Gasteiger partial charge in [-0.25, -0.2) is 15.3 Å². The van der Waals surface area contributed by atoms with E-state index >= 15 is 0 Å². The third-order valence-corrected chi connectivity index (χ3v) is 4.11. The number of hydrogen-bond donors (Lipinski definition) is 0. The van der Waals surface area contributed by atoms with Crippen molar-refractivity contribution in [3.05, 3.63) is 65.7 Å². The van der Waals surface area contributed by atoms with E-state index in [1.165, 1.54) is 19.2 Å². The molecule has 3 aromatic rings. The average molecular weight is 564 g/mol. The molecule has 0 radical (unpaired) electrons. The second kappa shape index (κ2) is 13.0. The van der Waals surface area contributed by atoms with Gasteiger partial charge >= 0.3 is 60.0 Å². The summed E-state index contributed by atoms with van der Waals surface area (Å²) in [5.74, 6) is 0. The molecule has 0 aliphatic carbocycles. The molecular weight excluding hydrogens is 539 g/mol. The monoisotopic (exact) mass is 564 g/mol. The van der Waals surface area contributed by atoms with Crippen molar-refractivity contribution < 1.29 is 28.5 Å². The fourth-order valence-corrected chi connectivity index (χ4v) is 3.26. The van der Waals surface area contributed by atoms with E-state index in [-0.39, 0.29) is 0 Å². The molecule has 0 saturated heterocycles. The van der Waals surface area contributed by atoms with Crippen molar-refractivity contribution in [1.29, 1.82) is 0 Å². The third kappa shape index (κ3) is 6.88. The molecule has 3 rings (SSSR count). The molecule has 0 N–H and O–H groups in total. The van der Waals surface area contributed by atoms with Gasteiger partial charge in [-0.1, -0.05) is 0 Å². The van der Waals surface area contributed by atoms with Gasteiger partial charge in [0, 0.05) is 0 Å². The van der Waals surface area contributed by atoms with Crippen LogP contribution in [0.4, 0.5) is 0 Å². The topological polar surface area (TPSA) is 93.3 Å². The summed E-state index contributed by atoms with van der Waals surface area (Å²) in [5.41, 5.74) is 6.40. The van der Waals surface area contributed by atoms with Gasteiger partial charge in [0.05, 0.1) is 17.1 Å². The van der Waals surface area contributed by atoms with E-state index in [0.29, 0.717) is 0 Å². The van der Waals surface area contributed by atoms with E-state index in [1.54, 1.807) is 0 Å². The van der Waals surface area contributed by atoms with Crippen LogP contribution in [0.1, 0.15) is 41.1 Å². The van der Waals surface area contributed by atoms with Crippen LogP contribution >= 0.6 is 0 Å². The molecule has 0 unspecified atom stereocenters. The Morgan fingerprint density at radius 3 is 1.07 bits per heavy atom. The summed E-state index contributed by atoms with van der Waals surface area (Å²) >= 11 is 1.42. The molecule has 3 heterocycles. The molecule has 0 amide bonds. The van der Waals surface area contributed by atoms with Crippen molar-refractivity contribution in [2.45, 2.75) is 48.5 Å². The molecule has 0 aliphatic heterocycles. The first-order chi connectivity index (χ1) is 13.8. The van der Waals surface area contributed by atoms with Gasteiger partial charge in [-0.05, 0) is 76.8 Å². The van der Waals surface area contributed by atoms with E-state index < -0.39 is 7.12 Å². The molecule has 0 aromatic carbocycles. The maximum absolute atomic E-state index is 7.50. The molecule has 0 atom stereocenters. The minimum absolute atomic E-state index is 1.01. The van der Waals surface area contributed by atoms with Crippen molar-refractivity contribution in [2.24, 2.45) is 0 Å². The molecule has 0 bridgehead atoms. The van der Waals surface area contributed by atoms with Crippen LogP contribution in [0, 0.1) is 59.0 Å². The fraction of sp³-hybridized carbons (Fsp3) is 0.368. The van der Waals surface area contributed by atoms with Crippen molar-refractivity contribution in [2.75, 3.05) is 0 Å². The summed E-state index contributed by atoms with van der Waals surface area (Å²) in [6, 6.07) is 6.28. The predicted octanol–water partition coefficient (Wildman–Crippen LogP) is 2.23. The first-order valence-corrected chi connectivity index (χ1v) is 10.2. The van der Waals surface area contributed by atoms with Crippen molar-refractivity contribution in [1.82, 2.24) is 29.1 Å². The molecule has 29 heavy (non-hydrogen) atoms. The molecule has 10 heteroatoms. The van der Waals surface area contributed by atoms with Crippen LogP contribution in [0.2, 0.25) is 0 Å². The molecule has 0 fully saturated rings. The summed E-state index contributed by atoms with van der Waals surface area (Å²) in [6.07, 6.45) is 0. The summed E-state index contributed by atoms with van der Waals surface area (Å²) in [6.45, 7) is 23.2. The molecule has 0 spiro atoms. The number of hydrogen-bond acceptors (Lipinski definition) is 3. The second-order valence-corrected chi connectivity index (χ2v) is 7.87. The van der Waals surface area contributed by atoms with Gasteiger partial charge in [0.25, 0.3) is 0 Å². The summed E-state index contributed by atoms with van der Waals surface area (Å²) in [5, 5.41) is 14.1. The quantitative estimate of drug-likeness (QED) is 0.278. The van der Waals surface area contributed by atoms with E-state index in [1.807, 2.05) is 27.7 Å². The van der Waals surface area contributed by atoms with Gasteiger partial charge < -0.3 is 13.8 Å². The number of nitrogens with zero attached hydrogens (tertiary/aromatic N) is 6. The number of rotatable bonds is 3. The SMILES string of the molecule is C[C]#[W+].Cc1cc(C)n([BH-](n2nc(C)cc2C)n2nc(C)cc2C)n1.[C-]#[O+].[C-]#[O+]. The molecule has 0 saturated carbocycles. The van der Waals surface area contributed by atoms with Gasteiger partial charge in [-0.15, -0.1) is 0 Å². The van der Waals surface area contributed by atoms with E-state index in [4.69, 9.17) is 24.6 Å². The van der Waals surface area contributed by atoms with Crippen molar-refractivity contribution >= 4 is 7.12 Å². The van der Waals surface area contributed by atoms with Crippen molar-refractivity contribution in [3.8, 4) is 4.20 Å². The Balaban J connectivity index is 0.00000100. The minimum atomic E-state index is -1.26. The Labute approximate surface area is 182 Å². The summed E-state index contributed by atoms with van der Waals surface area (Å²) in [4.78, 5) is 0. The summed E-state index contributed by atoms with van der Waals surface area (Å²) < 4.78 is 24.0. The molecule has 152 valence electrons. The van der Waals surface area contributed by atoms with Crippen LogP contribution in [0.25, 0.3) is 0 Å². The van der Waals surface area contributed by atoms with Gasteiger partial charge in [0.2, 0.25) is 0 Å². The molecule has 3 aromatic heterocycles. The number of aromatic nitrogens is 6. The second-order valence-electron chi connectivity index (χ2n) is 6.41.